The van der Waals surface area contributed by atoms with Crippen LogP contribution in [0.4, 0.5) is 0 Å². The lowest BCUT2D eigenvalue weighted by Gasteiger charge is -2.07. The van der Waals surface area contributed by atoms with Crippen LogP contribution in [0.15, 0.2) is 69.8 Å². The lowest BCUT2D eigenvalue weighted by atomic mass is 10.1. The van der Waals surface area contributed by atoms with Crippen molar-refractivity contribution in [2.45, 2.75) is 64.2 Å². The van der Waals surface area contributed by atoms with E-state index in [1.807, 2.05) is 71.2 Å². The molecule has 0 unspecified atom stereocenters. The predicted octanol–water partition coefficient (Wildman–Crippen LogP) is 10.6. The molecule has 2 aromatic carbocycles. The van der Waals surface area contributed by atoms with Crippen molar-refractivity contribution in [2.75, 3.05) is 27.4 Å². The summed E-state index contributed by atoms with van der Waals surface area (Å²) in [5.74, 6) is 3.53. The number of methoxy groups -OCH3 is 2. The highest BCUT2D eigenvalue weighted by Crippen LogP contribution is 2.40. The fraction of sp³-hybridized carbons (Fsp3) is 0.412. The molecule has 220 valence electrons. The van der Waals surface area contributed by atoms with Crippen molar-refractivity contribution in [3.05, 3.63) is 81.0 Å². The summed E-state index contributed by atoms with van der Waals surface area (Å²) in [6.45, 7) is 1.52. The van der Waals surface area contributed by atoms with Crippen LogP contribution in [-0.2, 0) is 12.8 Å². The summed E-state index contributed by atoms with van der Waals surface area (Å²) in [6, 6.07) is 20.3. The first-order valence-electron chi connectivity index (χ1n) is 14.5. The van der Waals surface area contributed by atoms with Gasteiger partial charge in [-0.15, -0.1) is 22.7 Å². The molecule has 7 heteroatoms. The highest BCUT2D eigenvalue weighted by Gasteiger charge is 2.13. The van der Waals surface area contributed by atoms with E-state index in [0.29, 0.717) is 0 Å². The Bertz CT molecular complexity index is 1280. The molecular weight excluding hydrogens is 616 g/mol. The Kier molecular flexibility index (Phi) is 13.4. The summed E-state index contributed by atoms with van der Waals surface area (Å²) in [6.07, 6.45) is 11.7. The van der Waals surface area contributed by atoms with Gasteiger partial charge in [0.1, 0.15) is 23.0 Å². The van der Waals surface area contributed by atoms with E-state index in [0.717, 1.165) is 61.9 Å². The van der Waals surface area contributed by atoms with Crippen molar-refractivity contribution in [3.63, 3.8) is 0 Å². The number of aryl methyl sites for hydroxylation is 2. The number of hydrogen-bond donors (Lipinski definition) is 0. The van der Waals surface area contributed by atoms with E-state index in [-0.39, 0.29) is 0 Å². The van der Waals surface area contributed by atoms with E-state index in [1.54, 1.807) is 14.2 Å². The van der Waals surface area contributed by atoms with Crippen LogP contribution in [0.5, 0.6) is 23.0 Å². The topological polar surface area (TPSA) is 36.9 Å². The van der Waals surface area contributed by atoms with Crippen molar-refractivity contribution in [2.24, 2.45) is 0 Å². The van der Waals surface area contributed by atoms with Gasteiger partial charge in [-0.3, -0.25) is 0 Å². The maximum atomic E-state index is 5.86. The number of ether oxygens (including phenoxy) is 4. The van der Waals surface area contributed by atoms with Gasteiger partial charge in [0.25, 0.3) is 0 Å². The van der Waals surface area contributed by atoms with Crippen molar-refractivity contribution in [1.82, 2.24) is 0 Å². The van der Waals surface area contributed by atoms with Crippen molar-refractivity contribution in [1.29, 1.82) is 0 Å². The molecule has 0 aliphatic heterocycles. The fourth-order valence-electron chi connectivity index (χ4n) is 4.70. The van der Waals surface area contributed by atoms with Crippen molar-refractivity contribution in [3.8, 4) is 32.8 Å². The van der Waals surface area contributed by atoms with Crippen LogP contribution >= 0.6 is 38.6 Å². The van der Waals surface area contributed by atoms with E-state index in [4.69, 9.17) is 18.9 Å². The average Bonchev–Trinajstić information content (AvgIpc) is 3.62. The minimum Gasteiger partial charge on any atom is -0.497 e. The number of thiophene rings is 2. The van der Waals surface area contributed by atoms with Crippen molar-refractivity contribution < 1.29 is 18.9 Å². The molecule has 0 aliphatic carbocycles. The summed E-state index contributed by atoms with van der Waals surface area (Å²) in [5, 5.41) is 2.24. The van der Waals surface area contributed by atoms with Gasteiger partial charge in [0.15, 0.2) is 0 Å². The number of hydrogen-bond acceptors (Lipinski definition) is 6. The second kappa shape index (κ2) is 17.5. The molecule has 4 aromatic rings. The van der Waals surface area contributed by atoms with E-state index in [2.05, 4.69) is 33.4 Å². The molecule has 0 N–H and O–H groups in total. The van der Waals surface area contributed by atoms with Crippen LogP contribution in [0.25, 0.3) is 9.75 Å². The second-order valence-electron chi connectivity index (χ2n) is 10.1. The molecule has 0 saturated carbocycles. The molecule has 41 heavy (non-hydrogen) atoms. The Hall–Kier alpha value is -2.48. The highest BCUT2D eigenvalue weighted by molar-refractivity contribution is 9.11. The molecule has 2 aromatic heterocycles. The lowest BCUT2D eigenvalue weighted by Crippen LogP contribution is -1.97. The quantitative estimate of drug-likeness (QED) is 0.0941. The Balaban J connectivity index is 1.10. The van der Waals surface area contributed by atoms with Crippen LogP contribution in [0, 0.1) is 0 Å². The summed E-state index contributed by atoms with van der Waals surface area (Å²) >= 11 is 7.60. The molecule has 0 radical (unpaired) electrons. The second-order valence-corrected chi connectivity index (χ2v) is 13.3. The first-order chi connectivity index (χ1) is 20.2. The number of rotatable bonds is 19. The molecule has 0 fully saturated rings. The van der Waals surface area contributed by atoms with Crippen LogP contribution in [0.2, 0.25) is 0 Å². The van der Waals surface area contributed by atoms with Crippen LogP contribution < -0.4 is 18.9 Å². The summed E-state index contributed by atoms with van der Waals surface area (Å²) in [4.78, 5) is 2.85. The van der Waals surface area contributed by atoms with Crippen LogP contribution in [-0.4, -0.2) is 27.4 Å². The molecule has 0 saturated heterocycles. The summed E-state index contributed by atoms with van der Waals surface area (Å²) in [5.41, 5.74) is 2.93. The third-order valence-electron chi connectivity index (χ3n) is 7.07. The standard InChI is InChI=1S/C34H41BrO4S2/c1-36-28-13-17-30(18-14-28)38-22-9-5-3-7-11-26-21-24-40-33(26)32-25-27(34(35)41-32)12-8-4-6-10-23-39-31-19-15-29(37-2)16-20-31/h13-21,24-25H,3-12,22-23H2,1-2H3. The monoisotopic (exact) mass is 656 g/mol. The van der Waals surface area contributed by atoms with Crippen molar-refractivity contribution >= 4 is 38.6 Å². The molecule has 0 bridgehead atoms. The molecule has 4 rings (SSSR count). The maximum Gasteiger partial charge on any atom is 0.119 e. The van der Waals surface area contributed by atoms with Gasteiger partial charge in [-0.25, -0.2) is 0 Å². The van der Waals surface area contributed by atoms with E-state index in [9.17, 15) is 0 Å². The molecule has 0 atom stereocenters. The van der Waals surface area contributed by atoms with Gasteiger partial charge >= 0.3 is 0 Å². The fourth-order valence-corrected chi connectivity index (χ4v) is 7.58. The van der Waals surface area contributed by atoms with Gasteiger partial charge in [0.05, 0.1) is 31.2 Å². The van der Waals surface area contributed by atoms with E-state index >= 15 is 0 Å². The molecular formula is C34H41BrO4S2. The largest absolute Gasteiger partial charge is 0.497 e. The first kappa shape index (κ1) is 31.5. The minimum atomic E-state index is 0.761. The Morgan fingerprint density at radius 2 is 1.07 bits per heavy atom. The maximum absolute atomic E-state index is 5.86. The predicted molar refractivity (Wildman–Crippen MR) is 177 cm³/mol. The minimum absolute atomic E-state index is 0.761. The number of unbranched alkanes of at least 4 members (excludes halogenated alkanes) is 6. The molecule has 4 nitrogen and oxygen atoms in total. The van der Waals surface area contributed by atoms with Gasteiger partial charge in [0.2, 0.25) is 0 Å². The molecule has 2 heterocycles. The zero-order valence-corrected chi connectivity index (χ0v) is 27.4. The van der Waals surface area contributed by atoms with Gasteiger partial charge in [-0.1, -0.05) is 25.7 Å². The Labute approximate surface area is 261 Å². The van der Waals surface area contributed by atoms with Crippen LogP contribution in [0.3, 0.4) is 0 Å². The van der Waals surface area contributed by atoms with Gasteiger partial charge in [-0.2, -0.15) is 0 Å². The Morgan fingerprint density at radius 3 is 1.61 bits per heavy atom. The lowest BCUT2D eigenvalue weighted by molar-refractivity contribution is 0.304. The van der Waals surface area contributed by atoms with Gasteiger partial charge in [0, 0.05) is 9.75 Å². The van der Waals surface area contributed by atoms with Gasteiger partial charge < -0.3 is 18.9 Å². The summed E-state index contributed by atoms with van der Waals surface area (Å²) < 4.78 is 23.4. The smallest absolute Gasteiger partial charge is 0.119 e. The first-order valence-corrected chi connectivity index (χ1v) is 17.0. The zero-order valence-electron chi connectivity index (χ0n) is 24.2. The average molecular weight is 658 g/mol. The zero-order chi connectivity index (χ0) is 28.7. The van der Waals surface area contributed by atoms with E-state index < -0.39 is 0 Å². The third-order valence-corrected chi connectivity index (χ3v) is 10.2. The normalized spacial score (nSPS) is 11.0. The SMILES string of the molecule is COc1ccc(OCCCCCCc2cc(-c3sccc3CCCCCCOc3ccc(OC)cc3)sc2Br)cc1. The molecule has 0 spiro atoms. The highest BCUT2D eigenvalue weighted by atomic mass is 79.9. The third kappa shape index (κ3) is 10.4. The molecule has 0 aliphatic rings. The van der Waals surface area contributed by atoms with E-state index in [1.165, 1.54) is 63.2 Å². The van der Waals surface area contributed by atoms with Crippen LogP contribution in [0.1, 0.15) is 62.5 Å². The number of benzene rings is 2. The number of halogens is 1. The Morgan fingerprint density at radius 1 is 0.585 bits per heavy atom. The van der Waals surface area contributed by atoms with Gasteiger partial charge in [-0.05, 0) is 132 Å². The molecule has 0 amide bonds. The summed E-state index contributed by atoms with van der Waals surface area (Å²) in [7, 11) is 3.36.